The van der Waals surface area contributed by atoms with Crippen molar-refractivity contribution in [2.24, 2.45) is 0 Å². The average Bonchev–Trinajstić information content (AvgIpc) is 3.15. The second-order valence-corrected chi connectivity index (χ2v) is 5.18. The average molecular weight is 339 g/mol. The second kappa shape index (κ2) is 7.43. The predicted octanol–water partition coefficient (Wildman–Crippen LogP) is 0.868. The molecule has 128 valence electrons. The summed E-state index contributed by atoms with van der Waals surface area (Å²) in [6, 6.07) is 10.4. The number of methoxy groups -OCH3 is 1. The molecule has 1 amide bonds. The third-order valence-electron chi connectivity index (χ3n) is 3.58. The normalized spacial score (nSPS) is 10.4. The number of pyridine rings is 1. The van der Waals surface area contributed by atoms with E-state index in [9.17, 15) is 9.59 Å². The van der Waals surface area contributed by atoms with Gasteiger partial charge in [-0.1, -0.05) is 18.2 Å². The Hall–Kier alpha value is -3.42. The minimum atomic E-state index is -0.339. The largest absolute Gasteiger partial charge is 0.496 e. The van der Waals surface area contributed by atoms with Crippen molar-refractivity contribution in [1.29, 1.82) is 0 Å². The number of carbonyl (C=O) groups is 1. The summed E-state index contributed by atoms with van der Waals surface area (Å²) in [5.41, 5.74) is 0.671. The molecule has 25 heavy (non-hydrogen) atoms. The van der Waals surface area contributed by atoms with E-state index in [1.807, 2.05) is 18.2 Å². The van der Waals surface area contributed by atoms with Crippen LogP contribution in [0.15, 0.2) is 59.8 Å². The molecule has 0 atom stereocenters. The van der Waals surface area contributed by atoms with Crippen molar-refractivity contribution >= 4 is 5.91 Å². The number of para-hydroxylation sites is 1. The van der Waals surface area contributed by atoms with Gasteiger partial charge in [0.1, 0.15) is 5.75 Å². The summed E-state index contributed by atoms with van der Waals surface area (Å²) < 4.78 is 6.60. The lowest BCUT2D eigenvalue weighted by Crippen LogP contribution is -2.30. The highest BCUT2D eigenvalue weighted by molar-refractivity contribution is 5.96. The number of aromatic nitrogens is 4. The van der Waals surface area contributed by atoms with E-state index in [1.54, 1.807) is 24.5 Å². The summed E-state index contributed by atoms with van der Waals surface area (Å²) in [5.74, 6) is -0.111. The van der Waals surface area contributed by atoms with Gasteiger partial charge in [-0.3, -0.25) is 14.2 Å². The maximum absolute atomic E-state index is 12.5. The molecule has 0 unspecified atom stereocenters. The number of benzene rings is 1. The molecule has 8 nitrogen and oxygen atoms in total. The van der Waals surface area contributed by atoms with Gasteiger partial charge >= 0.3 is 0 Å². The molecule has 0 bridgehead atoms. The van der Waals surface area contributed by atoms with Crippen LogP contribution in [0.1, 0.15) is 10.4 Å². The lowest BCUT2D eigenvalue weighted by molar-refractivity contribution is 0.0947. The van der Waals surface area contributed by atoms with Gasteiger partial charge in [-0.05, 0) is 12.1 Å². The molecule has 1 aromatic carbocycles. The maximum Gasteiger partial charge on any atom is 0.258 e. The molecule has 0 fully saturated rings. The van der Waals surface area contributed by atoms with E-state index in [2.05, 4.69) is 15.5 Å². The van der Waals surface area contributed by atoms with Crippen LogP contribution in [0.4, 0.5) is 0 Å². The molecule has 0 radical (unpaired) electrons. The summed E-state index contributed by atoms with van der Waals surface area (Å²) >= 11 is 0. The molecular formula is C17H17N5O3. The molecular weight excluding hydrogens is 322 g/mol. The van der Waals surface area contributed by atoms with E-state index in [-0.39, 0.29) is 22.8 Å². The van der Waals surface area contributed by atoms with Gasteiger partial charge in [-0.25, -0.2) is 0 Å². The maximum atomic E-state index is 12.5. The Morgan fingerprint density at radius 2 is 1.92 bits per heavy atom. The standard InChI is InChI=1S/C17H17N5O3/c1-25-15-11-16(23)21(13-5-3-2-4-6-13)12-14(15)17(24)18-9-10-22-19-7-8-20-22/h2-8,11-12H,9-10H2,1H3,(H,18,24). The first-order chi connectivity index (χ1) is 12.2. The van der Waals surface area contributed by atoms with Crippen LogP contribution in [0.5, 0.6) is 5.75 Å². The van der Waals surface area contributed by atoms with Crippen LogP contribution < -0.4 is 15.6 Å². The lowest BCUT2D eigenvalue weighted by atomic mass is 10.2. The molecule has 3 rings (SSSR count). The van der Waals surface area contributed by atoms with E-state index < -0.39 is 0 Å². The van der Waals surface area contributed by atoms with Crippen LogP contribution in [0, 0.1) is 0 Å². The van der Waals surface area contributed by atoms with Crippen LogP contribution >= 0.6 is 0 Å². The van der Waals surface area contributed by atoms with Crippen LogP contribution in [0.3, 0.4) is 0 Å². The predicted molar refractivity (Wildman–Crippen MR) is 90.9 cm³/mol. The Balaban J connectivity index is 1.83. The number of rotatable bonds is 6. The highest BCUT2D eigenvalue weighted by Gasteiger charge is 2.15. The quantitative estimate of drug-likeness (QED) is 0.719. The molecule has 0 aliphatic carbocycles. The second-order valence-electron chi connectivity index (χ2n) is 5.18. The van der Waals surface area contributed by atoms with Gasteiger partial charge in [0.2, 0.25) is 0 Å². The van der Waals surface area contributed by atoms with Gasteiger partial charge in [-0.2, -0.15) is 15.0 Å². The SMILES string of the molecule is COc1cc(=O)n(-c2ccccc2)cc1C(=O)NCCn1nccn1. The van der Waals surface area contributed by atoms with Gasteiger partial charge in [0.05, 0.1) is 31.6 Å². The van der Waals surface area contributed by atoms with Crippen LogP contribution in [0.25, 0.3) is 5.69 Å². The van der Waals surface area contributed by atoms with Crippen LogP contribution in [-0.4, -0.2) is 39.1 Å². The number of carbonyl (C=O) groups excluding carboxylic acids is 1. The summed E-state index contributed by atoms with van der Waals surface area (Å²) in [5, 5.41) is 10.7. The first kappa shape index (κ1) is 16.4. The molecule has 8 heteroatoms. The van der Waals surface area contributed by atoms with E-state index in [1.165, 1.54) is 28.7 Å². The Morgan fingerprint density at radius 3 is 2.60 bits per heavy atom. The van der Waals surface area contributed by atoms with E-state index in [0.717, 1.165) is 0 Å². The lowest BCUT2D eigenvalue weighted by Gasteiger charge is -2.12. The van der Waals surface area contributed by atoms with E-state index >= 15 is 0 Å². The zero-order valence-corrected chi connectivity index (χ0v) is 13.6. The van der Waals surface area contributed by atoms with Gasteiger partial charge in [0.25, 0.3) is 11.5 Å². The molecule has 0 saturated heterocycles. The molecule has 0 saturated carbocycles. The van der Waals surface area contributed by atoms with Crippen LogP contribution in [-0.2, 0) is 6.54 Å². The summed E-state index contributed by atoms with van der Waals surface area (Å²) in [6.07, 6.45) is 4.62. The Bertz CT molecular complexity index is 904. The summed E-state index contributed by atoms with van der Waals surface area (Å²) in [6.45, 7) is 0.792. The summed E-state index contributed by atoms with van der Waals surface area (Å²) in [4.78, 5) is 26.2. The van der Waals surface area contributed by atoms with Crippen molar-refractivity contribution in [3.8, 4) is 11.4 Å². The fourth-order valence-electron chi connectivity index (χ4n) is 2.37. The highest BCUT2D eigenvalue weighted by Crippen LogP contribution is 2.17. The highest BCUT2D eigenvalue weighted by atomic mass is 16.5. The van der Waals surface area contributed by atoms with Gasteiger partial charge in [-0.15, -0.1) is 0 Å². The monoisotopic (exact) mass is 339 g/mol. The van der Waals surface area contributed by atoms with Crippen molar-refractivity contribution in [3.05, 3.63) is 70.9 Å². The molecule has 2 aromatic heterocycles. The zero-order chi connectivity index (χ0) is 17.6. The van der Waals surface area contributed by atoms with Crippen molar-refractivity contribution in [1.82, 2.24) is 24.9 Å². The third kappa shape index (κ3) is 3.74. The van der Waals surface area contributed by atoms with Gasteiger partial charge < -0.3 is 10.1 Å². The van der Waals surface area contributed by atoms with Crippen molar-refractivity contribution < 1.29 is 9.53 Å². The number of nitrogens with one attached hydrogen (secondary N) is 1. The minimum Gasteiger partial charge on any atom is -0.496 e. The van der Waals surface area contributed by atoms with E-state index in [4.69, 9.17) is 4.74 Å². The number of hydrogen-bond donors (Lipinski definition) is 1. The molecule has 0 aliphatic rings. The van der Waals surface area contributed by atoms with Crippen molar-refractivity contribution in [2.75, 3.05) is 13.7 Å². The first-order valence-corrected chi connectivity index (χ1v) is 7.67. The van der Waals surface area contributed by atoms with Crippen molar-refractivity contribution in [2.45, 2.75) is 6.54 Å². The van der Waals surface area contributed by atoms with Crippen LogP contribution in [0.2, 0.25) is 0 Å². The van der Waals surface area contributed by atoms with Crippen molar-refractivity contribution in [3.63, 3.8) is 0 Å². The van der Waals surface area contributed by atoms with E-state index in [0.29, 0.717) is 18.8 Å². The zero-order valence-electron chi connectivity index (χ0n) is 13.6. The molecule has 2 heterocycles. The number of ether oxygens (including phenoxy) is 1. The minimum absolute atomic E-state index is 0.229. The smallest absolute Gasteiger partial charge is 0.258 e. The Kier molecular flexibility index (Phi) is 4.89. The molecule has 0 aliphatic heterocycles. The third-order valence-corrected chi connectivity index (χ3v) is 3.58. The molecule has 3 aromatic rings. The van der Waals surface area contributed by atoms with Gasteiger partial charge in [0.15, 0.2) is 0 Å². The fraction of sp³-hybridized carbons (Fsp3) is 0.176. The Morgan fingerprint density at radius 1 is 1.20 bits per heavy atom. The topological polar surface area (TPSA) is 91.0 Å². The number of nitrogens with zero attached hydrogens (tertiary/aromatic N) is 4. The van der Waals surface area contributed by atoms with Gasteiger partial charge in [0, 0.05) is 24.5 Å². The summed E-state index contributed by atoms with van der Waals surface area (Å²) in [7, 11) is 1.42. The fourth-order valence-corrected chi connectivity index (χ4v) is 2.37. The Labute approximate surface area is 143 Å². The molecule has 0 spiro atoms. The number of hydrogen-bond acceptors (Lipinski definition) is 5. The molecule has 1 N–H and O–H groups in total. The first-order valence-electron chi connectivity index (χ1n) is 7.67. The number of amides is 1.